The van der Waals surface area contributed by atoms with Crippen LogP contribution in [0, 0.1) is 17.6 Å². The highest BCUT2D eigenvalue weighted by atomic mass is 19.1. The van der Waals surface area contributed by atoms with E-state index in [0.717, 1.165) is 17.7 Å². The second-order valence-electron chi connectivity index (χ2n) is 6.55. The van der Waals surface area contributed by atoms with Crippen molar-refractivity contribution >= 4 is 11.9 Å². The summed E-state index contributed by atoms with van der Waals surface area (Å²) in [5, 5.41) is 9.07. The van der Waals surface area contributed by atoms with Crippen LogP contribution in [0.1, 0.15) is 32.7 Å². The van der Waals surface area contributed by atoms with Crippen molar-refractivity contribution in [2.75, 3.05) is 20.2 Å². The Balaban J connectivity index is 1.72. The molecule has 1 amide bonds. The van der Waals surface area contributed by atoms with Crippen molar-refractivity contribution in [3.8, 4) is 5.75 Å². The predicted molar refractivity (Wildman–Crippen MR) is 94.0 cm³/mol. The quantitative estimate of drug-likeness (QED) is 0.870. The molecular formula is C20H19F2NO4. The van der Waals surface area contributed by atoms with Crippen molar-refractivity contribution in [1.29, 1.82) is 0 Å². The number of carboxylic acid groups (broad SMARTS) is 1. The van der Waals surface area contributed by atoms with E-state index < -0.39 is 29.1 Å². The maximum Gasteiger partial charge on any atom is 0.335 e. The van der Waals surface area contributed by atoms with Gasteiger partial charge in [-0.1, -0.05) is 12.1 Å². The molecule has 27 heavy (non-hydrogen) atoms. The molecule has 1 saturated heterocycles. The standard InChI is InChI=1S/C20H19F2NO4/c1-27-16-6-5-15(21)17(18(16)22)19(24)23-8-7-13(11-23)9-12-3-2-4-14(10-12)20(25)26/h2-6,10,13H,7-9,11H2,1H3,(H,25,26). The molecule has 1 atom stereocenters. The minimum Gasteiger partial charge on any atom is -0.494 e. The summed E-state index contributed by atoms with van der Waals surface area (Å²) >= 11 is 0. The third-order valence-electron chi connectivity index (χ3n) is 4.76. The number of nitrogens with zero attached hydrogens (tertiary/aromatic N) is 1. The maximum atomic E-state index is 14.3. The van der Waals surface area contributed by atoms with E-state index in [1.807, 2.05) is 6.07 Å². The van der Waals surface area contributed by atoms with Crippen LogP contribution in [0.5, 0.6) is 5.75 Å². The summed E-state index contributed by atoms with van der Waals surface area (Å²) in [7, 11) is 1.25. The largest absolute Gasteiger partial charge is 0.494 e. The summed E-state index contributed by atoms with van der Waals surface area (Å²) in [4.78, 5) is 25.1. The molecule has 0 spiro atoms. The van der Waals surface area contributed by atoms with Crippen molar-refractivity contribution in [3.63, 3.8) is 0 Å². The Kier molecular flexibility index (Phi) is 5.39. The van der Waals surface area contributed by atoms with Gasteiger partial charge in [0.25, 0.3) is 5.91 Å². The number of likely N-dealkylation sites (tertiary alicyclic amines) is 1. The molecule has 0 aromatic heterocycles. The zero-order valence-electron chi connectivity index (χ0n) is 14.7. The SMILES string of the molecule is COc1ccc(F)c(C(=O)N2CCC(Cc3cccc(C(=O)O)c3)C2)c1F. The van der Waals surface area contributed by atoms with E-state index in [4.69, 9.17) is 9.84 Å². The molecule has 1 heterocycles. The van der Waals surface area contributed by atoms with Crippen LogP contribution in [0.3, 0.4) is 0 Å². The summed E-state index contributed by atoms with van der Waals surface area (Å²) in [5.41, 5.74) is 0.453. The van der Waals surface area contributed by atoms with Gasteiger partial charge in [-0.15, -0.1) is 0 Å². The van der Waals surface area contributed by atoms with E-state index in [0.29, 0.717) is 25.9 Å². The van der Waals surface area contributed by atoms with Gasteiger partial charge in [0, 0.05) is 13.1 Å². The number of halogens is 2. The van der Waals surface area contributed by atoms with Crippen LogP contribution in [-0.4, -0.2) is 42.1 Å². The summed E-state index contributed by atoms with van der Waals surface area (Å²) in [6.07, 6.45) is 1.27. The highest BCUT2D eigenvalue weighted by molar-refractivity contribution is 5.95. The lowest BCUT2D eigenvalue weighted by molar-refractivity contribution is 0.0696. The number of aromatic carboxylic acids is 1. The summed E-state index contributed by atoms with van der Waals surface area (Å²) in [6, 6.07) is 8.79. The molecule has 0 bridgehead atoms. The van der Waals surface area contributed by atoms with Crippen LogP contribution >= 0.6 is 0 Å². The Morgan fingerprint density at radius 2 is 2.04 bits per heavy atom. The highest BCUT2D eigenvalue weighted by Crippen LogP contribution is 2.28. The van der Waals surface area contributed by atoms with Gasteiger partial charge in [0.2, 0.25) is 0 Å². The molecule has 2 aromatic carbocycles. The summed E-state index contributed by atoms with van der Waals surface area (Å²) < 4.78 is 33.2. The molecular weight excluding hydrogens is 356 g/mol. The lowest BCUT2D eigenvalue weighted by Crippen LogP contribution is -2.30. The van der Waals surface area contributed by atoms with Gasteiger partial charge < -0.3 is 14.7 Å². The lowest BCUT2D eigenvalue weighted by atomic mass is 9.97. The second kappa shape index (κ2) is 7.73. The smallest absolute Gasteiger partial charge is 0.335 e. The molecule has 1 unspecified atom stereocenters. The minimum absolute atomic E-state index is 0.0923. The maximum absolute atomic E-state index is 14.3. The molecule has 2 aromatic rings. The number of amides is 1. The Hall–Kier alpha value is -2.96. The fourth-order valence-electron chi connectivity index (χ4n) is 3.39. The number of carboxylic acids is 1. The molecule has 5 nitrogen and oxygen atoms in total. The summed E-state index contributed by atoms with van der Waals surface area (Å²) in [6.45, 7) is 0.741. The predicted octanol–water partition coefficient (Wildman–Crippen LogP) is 3.38. The third-order valence-corrected chi connectivity index (χ3v) is 4.76. The second-order valence-corrected chi connectivity index (χ2v) is 6.55. The molecule has 1 aliphatic heterocycles. The number of benzene rings is 2. The third kappa shape index (κ3) is 3.92. The number of hydrogen-bond donors (Lipinski definition) is 1. The number of ether oxygens (including phenoxy) is 1. The molecule has 142 valence electrons. The molecule has 7 heteroatoms. The van der Waals surface area contributed by atoms with Gasteiger partial charge >= 0.3 is 5.97 Å². The van der Waals surface area contributed by atoms with E-state index >= 15 is 0 Å². The first kappa shape index (κ1) is 18.8. The van der Waals surface area contributed by atoms with E-state index in [2.05, 4.69) is 0 Å². The van der Waals surface area contributed by atoms with Gasteiger partial charge in [-0.05, 0) is 48.6 Å². The number of carbonyl (C=O) groups excluding carboxylic acids is 1. The molecule has 0 aliphatic carbocycles. The monoisotopic (exact) mass is 375 g/mol. The summed E-state index contributed by atoms with van der Waals surface area (Å²) in [5.74, 6) is -3.71. The van der Waals surface area contributed by atoms with Gasteiger partial charge in [-0.25, -0.2) is 13.6 Å². The van der Waals surface area contributed by atoms with Gasteiger partial charge in [0.15, 0.2) is 11.6 Å². The van der Waals surface area contributed by atoms with Gasteiger partial charge in [-0.2, -0.15) is 0 Å². The zero-order valence-corrected chi connectivity index (χ0v) is 14.7. The first-order chi connectivity index (χ1) is 12.9. The Bertz CT molecular complexity index is 884. The van der Waals surface area contributed by atoms with E-state index in [1.54, 1.807) is 12.1 Å². The number of hydrogen-bond acceptors (Lipinski definition) is 3. The number of carbonyl (C=O) groups is 2. The van der Waals surface area contributed by atoms with Crippen LogP contribution in [0.25, 0.3) is 0 Å². The molecule has 3 rings (SSSR count). The average molecular weight is 375 g/mol. The van der Waals surface area contributed by atoms with Crippen LogP contribution in [-0.2, 0) is 6.42 Å². The Morgan fingerprint density at radius 3 is 2.74 bits per heavy atom. The molecule has 1 fully saturated rings. The van der Waals surface area contributed by atoms with Gasteiger partial charge in [0.05, 0.1) is 12.7 Å². The first-order valence-electron chi connectivity index (χ1n) is 8.54. The molecule has 0 saturated carbocycles. The minimum atomic E-state index is -1.000. The Morgan fingerprint density at radius 1 is 1.26 bits per heavy atom. The Labute approximate surface area is 155 Å². The van der Waals surface area contributed by atoms with Crippen LogP contribution in [0.4, 0.5) is 8.78 Å². The first-order valence-corrected chi connectivity index (χ1v) is 8.54. The van der Waals surface area contributed by atoms with Crippen molar-refractivity contribution in [3.05, 3.63) is 64.7 Å². The number of rotatable bonds is 5. The molecule has 1 N–H and O–H groups in total. The van der Waals surface area contributed by atoms with E-state index in [1.165, 1.54) is 18.1 Å². The molecule has 0 radical (unpaired) electrons. The molecule has 1 aliphatic rings. The van der Waals surface area contributed by atoms with E-state index in [9.17, 15) is 18.4 Å². The highest BCUT2D eigenvalue weighted by Gasteiger charge is 2.31. The fraction of sp³-hybridized carbons (Fsp3) is 0.300. The van der Waals surface area contributed by atoms with Crippen LogP contribution < -0.4 is 4.74 Å². The zero-order chi connectivity index (χ0) is 19.6. The van der Waals surface area contributed by atoms with Crippen LogP contribution in [0.15, 0.2) is 36.4 Å². The van der Waals surface area contributed by atoms with Crippen molar-refractivity contribution in [2.24, 2.45) is 5.92 Å². The van der Waals surface area contributed by atoms with Gasteiger partial charge in [-0.3, -0.25) is 4.79 Å². The average Bonchev–Trinajstić information content (AvgIpc) is 3.10. The van der Waals surface area contributed by atoms with E-state index in [-0.39, 0.29) is 17.2 Å². The van der Waals surface area contributed by atoms with Crippen molar-refractivity contribution in [1.82, 2.24) is 4.90 Å². The normalized spacial score (nSPS) is 16.4. The van der Waals surface area contributed by atoms with Crippen molar-refractivity contribution < 1.29 is 28.2 Å². The fourth-order valence-corrected chi connectivity index (χ4v) is 3.39. The van der Waals surface area contributed by atoms with Gasteiger partial charge in [0.1, 0.15) is 11.4 Å². The lowest BCUT2D eigenvalue weighted by Gasteiger charge is -2.18. The van der Waals surface area contributed by atoms with Crippen molar-refractivity contribution in [2.45, 2.75) is 12.8 Å². The topological polar surface area (TPSA) is 66.8 Å². The number of methoxy groups -OCH3 is 1. The van der Waals surface area contributed by atoms with Crippen LogP contribution in [0.2, 0.25) is 0 Å².